The van der Waals surface area contributed by atoms with Gasteiger partial charge < -0.3 is 4.74 Å². The van der Waals surface area contributed by atoms with Crippen molar-refractivity contribution < 1.29 is 4.74 Å². The van der Waals surface area contributed by atoms with E-state index in [1.807, 2.05) is 0 Å². The molecule has 1 aliphatic carbocycles. The minimum absolute atomic E-state index is 0.654. The minimum atomic E-state index is 0.654. The maximum absolute atomic E-state index is 5.43. The average molecular weight is 139 g/mol. The third-order valence-electron chi connectivity index (χ3n) is 2.61. The summed E-state index contributed by atoms with van der Waals surface area (Å²) in [6.07, 6.45) is 8.97. The van der Waals surface area contributed by atoms with Crippen LogP contribution in [-0.2, 0) is 4.74 Å². The summed E-state index contributed by atoms with van der Waals surface area (Å²) < 4.78 is 5.43. The molecule has 1 aliphatic heterocycles. The molecular formula is C9H15O. The van der Waals surface area contributed by atoms with Crippen LogP contribution in [0.1, 0.15) is 32.6 Å². The summed E-state index contributed by atoms with van der Waals surface area (Å²) in [5.41, 5.74) is 0. The number of hydrogen-bond acceptors (Lipinski definition) is 1. The Kier molecular flexibility index (Phi) is 1.69. The summed E-state index contributed by atoms with van der Waals surface area (Å²) in [7, 11) is 0. The van der Waals surface area contributed by atoms with Crippen LogP contribution < -0.4 is 0 Å². The highest BCUT2D eigenvalue weighted by Crippen LogP contribution is 2.40. The fourth-order valence-corrected chi connectivity index (χ4v) is 1.98. The molecule has 0 bridgehead atoms. The Balaban J connectivity index is 1.77. The first-order valence-corrected chi connectivity index (χ1v) is 4.39. The van der Waals surface area contributed by atoms with E-state index in [2.05, 4.69) is 13.3 Å². The van der Waals surface area contributed by atoms with Gasteiger partial charge in [-0.2, -0.15) is 0 Å². The van der Waals surface area contributed by atoms with Crippen molar-refractivity contribution in [2.45, 2.75) is 44.8 Å². The van der Waals surface area contributed by atoms with E-state index in [-0.39, 0.29) is 0 Å². The lowest BCUT2D eigenvalue weighted by atomic mass is 9.86. The van der Waals surface area contributed by atoms with Gasteiger partial charge in [0.2, 0.25) is 0 Å². The Morgan fingerprint density at radius 2 is 2.30 bits per heavy atom. The first kappa shape index (κ1) is 6.66. The Labute approximate surface area is 62.8 Å². The molecule has 2 rings (SSSR count). The predicted octanol–water partition coefficient (Wildman–Crippen LogP) is 2.17. The highest BCUT2D eigenvalue weighted by Gasteiger charge is 2.43. The molecule has 0 spiro atoms. The summed E-state index contributed by atoms with van der Waals surface area (Å²) in [5, 5.41) is 0. The molecule has 0 aromatic heterocycles. The highest BCUT2D eigenvalue weighted by atomic mass is 16.6. The normalized spacial score (nSPS) is 44.7. The molecule has 10 heavy (non-hydrogen) atoms. The molecular weight excluding hydrogens is 124 g/mol. The summed E-state index contributed by atoms with van der Waals surface area (Å²) >= 11 is 0. The third-order valence-corrected chi connectivity index (χ3v) is 2.61. The number of rotatable bonds is 2. The quantitative estimate of drug-likeness (QED) is 0.534. The van der Waals surface area contributed by atoms with Crippen LogP contribution in [0.5, 0.6) is 0 Å². The molecule has 2 aliphatic rings. The van der Waals surface area contributed by atoms with Crippen molar-refractivity contribution in [2.24, 2.45) is 5.92 Å². The van der Waals surface area contributed by atoms with Crippen LogP contribution in [0.25, 0.3) is 0 Å². The number of ether oxygens (including phenoxy) is 1. The van der Waals surface area contributed by atoms with Gasteiger partial charge in [0, 0.05) is 0 Å². The van der Waals surface area contributed by atoms with E-state index in [1.54, 1.807) is 0 Å². The van der Waals surface area contributed by atoms with Crippen LogP contribution in [0.2, 0.25) is 0 Å². The van der Waals surface area contributed by atoms with Crippen LogP contribution in [0.15, 0.2) is 0 Å². The monoisotopic (exact) mass is 139 g/mol. The molecule has 1 radical (unpaired) electrons. The van der Waals surface area contributed by atoms with Crippen molar-refractivity contribution in [2.75, 3.05) is 0 Å². The Morgan fingerprint density at radius 1 is 1.40 bits per heavy atom. The van der Waals surface area contributed by atoms with Gasteiger partial charge in [-0.3, -0.25) is 0 Å². The van der Waals surface area contributed by atoms with Gasteiger partial charge in [-0.1, -0.05) is 13.3 Å². The third kappa shape index (κ3) is 1.20. The van der Waals surface area contributed by atoms with Crippen LogP contribution in [0, 0.1) is 12.3 Å². The van der Waals surface area contributed by atoms with Crippen molar-refractivity contribution >= 4 is 0 Å². The highest BCUT2D eigenvalue weighted by molar-refractivity contribution is 4.95. The molecule has 3 atom stereocenters. The standard InChI is InChI=1S/C9H15O/c1-2-3-7-4-5-8-9(6-7)10-8/h3,7-9H,2,4-6H2,1H3. The maximum Gasteiger partial charge on any atom is 0.0844 e. The first-order chi connectivity index (χ1) is 4.90. The van der Waals surface area contributed by atoms with Crippen molar-refractivity contribution in [1.29, 1.82) is 0 Å². The molecule has 1 nitrogen and oxygen atoms in total. The Bertz CT molecular complexity index is 122. The molecule has 1 saturated carbocycles. The van der Waals surface area contributed by atoms with E-state index in [0.717, 1.165) is 5.92 Å². The number of fused-ring (bicyclic) bond motifs is 1. The minimum Gasteiger partial charge on any atom is -0.370 e. The summed E-state index contributed by atoms with van der Waals surface area (Å²) in [4.78, 5) is 0. The van der Waals surface area contributed by atoms with Gasteiger partial charge in [0.05, 0.1) is 12.2 Å². The zero-order valence-electron chi connectivity index (χ0n) is 6.55. The van der Waals surface area contributed by atoms with Crippen LogP contribution >= 0.6 is 0 Å². The topological polar surface area (TPSA) is 12.5 Å². The number of hydrogen-bond donors (Lipinski definition) is 0. The van der Waals surface area contributed by atoms with Gasteiger partial charge in [0.15, 0.2) is 0 Å². The summed E-state index contributed by atoms with van der Waals surface area (Å²) in [5.74, 6) is 0.869. The molecule has 57 valence electrons. The van der Waals surface area contributed by atoms with Gasteiger partial charge in [0.25, 0.3) is 0 Å². The van der Waals surface area contributed by atoms with E-state index < -0.39 is 0 Å². The second-order valence-corrected chi connectivity index (χ2v) is 3.43. The SMILES string of the molecule is CC[CH]C1CCC2OC2C1. The van der Waals surface area contributed by atoms with Gasteiger partial charge in [-0.05, 0) is 31.6 Å². The average Bonchev–Trinajstić information content (AvgIpc) is 2.66. The smallest absolute Gasteiger partial charge is 0.0844 e. The lowest BCUT2D eigenvalue weighted by Gasteiger charge is -2.16. The fourth-order valence-electron chi connectivity index (χ4n) is 1.98. The molecule has 3 unspecified atom stereocenters. The predicted molar refractivity (Wildman–Crippen MR) is 40.6 cm³/mol. The Morgan fingerprint density at radius 3 is 3.00 bits per heavy atom. The second kappa shape index (κ2) is 2.54. The molecule has 0 aromatic carbocycles. The van der Waals surface area contributed by atoms with Crippen molar-refractivity contribution in [3.05, 3.63) is 6.42 Å². The van der Waals surface area contributed by atoms with E-state index in [1.165, 1.54) is 25.7 Å². The first-order valence-electron chi connectivity index (χ1n) is 4.39. The lowest BCUT2D eigenvalue weighted by Crippen LogP contribution is -2.13. The maximum atomic E-state index is 5.43. The second-order valence-electron chi connectivity index (χ2n) is 3.43. The molecule has 0 aromatic rings. The van der Waals surface area contributed by atoms with Crippen molar-refractivity contribution in [3.63, 3.8) is 0 Å². The van der Waals surface area contributed by atoms with Gasteiger partial charge in [0.1, 0.15) is 0 Å². The summed E-state index contributed by atoms with van der Waals surface area (Å²) in [6.45, 7) is 2.22. The largest absolute Gasteiger partial charge is 0.370 e. The van der Waals surface area contributed by atoms with Crippen molar-refractivity contribution in [3.8, 4) is 0 Å². The van der Waals surface area contributed by atoms with Gasteiger partial charge >= 0.3 is 0 Å². The molecule has 1 heterocycles. The van der Waals surface area contributed by atoms with E-state index in [9.17, 15) is 0 Å². The molecule has 0 N–H and O–H groups in total. The summed E-state index contributed by atoms with van der Waals surface area (Å²) in [6, 6.07) is 0. The Hall–Kier alpha value is -0.0400. The zero-order chi connectivity index (χ0) is 6.97. The number of epoxide rings is 1. The van der Waals surface area contributed by atoms with E-state index in [0.29, 0.717) is 12.2 Å². The molecule has 1 heteroatoms. The lowest BCUT2D eigenvalue weighted by molar-refractivity contribution is 0.368. The van der Waals surface area contributed by atoms with Gasteiger partial charge in [-0.15, -0.1) is 0 Å². The van der Waals surface area contributed by atoms with Gasteiger partial charge in [-0.25, -0.2) is 0 Å². The molecule has 1 saturated heterocycles. The fraction of sp³-hybridized carbons (Fsp3) is 0.889. The van der Waals surface area contributed by atoms with Crippen LogP contribution in [0.4, 0.5) is 0 Å². The molecule has 2 fully saturated rings. The zero-order valence-corrected chi connectivity index (χ0v) is 6.55. The molecule has 0 amide bonds. The van der Waals surface area contributed by atoms with E-state index in [4.69, 9.17) is 4.74 Å². The van der Waals surface area contributed by atoms with Crippen molar-refractivity contribution in [1.82, 2.24) is 0 Å². The van der Waals surface area contributed by atoms with Crippen LogP contribution in [-0.4, -0.2) is 12.2 Å². The van der Waals surface area contributed by atoms with Crippen LogP contribution in [0.3, 0.4) is 0 Å². The van der Waals surface area contributed by atoms with E-state index >= 15 is 0 Å².